The van der Waals surface area contributed by atoms with Crippen molar-refractivity contribution in [3.05, 3.63) is 35.0 Å². The van der Waals surface area contributed by atoms with Crippen LogP contribution in [0, 0.1) is 0 Å². The van der Waals surface area contributed by atoms with Gasteiger partial charge in [-0.1, -0.05) is 24.3 Å². The minimum absolute atomic E-state index is 0.0774. The summed E-state index contributed by atoms with van der Waals surface area (Å²) in [5.41, 5.74) is 1.90. The zero-order valence-electron chi connectivity index (χ0n) is 16.6. The Hall–Kier alpha value is -2.65. The van der Waals surface area contributed by atoms with Gasteiger partial charge in [0.25, 0.3) is 11.8 Å². The van der Waals surface area contributed by atoms with Crippen LogP contribution in [0.3, 0.4) is 0 Å². The molecule has 9 heteroatoms. The zero-order valence-corrected chi connectivity index (χ0v) is 17.4. The van der Waals surface area contributed by atoms with E-state index in [0.717, 1.165) is 54.7 Å². The molecule has 0 spiro atoms. The van der Waals surface area contributed by atoms with Crippen molar-refractivity contribution < 1.29 is 14.3 Å². The molecular weight excluding hydrogens is 390 g/mol. The second kappa shape index (κ2) is 8.38. The molecule has 1 aromatic heterocycles. The van der Waals surface area contributed by atoms with E-state index in [1.807, 2.05) is 19.1 Å². The van der Waals surface area contributed by atoms with Gasteiger partial charge in [-0.25, -0.2) is 4.98 Å². The first-order valence-electron chi connectivity index (χ1n) is 9.83. The molecule has 1 fully saturated rings. The second-order valence-corrected chi connectivity index (χ2v) is 8.19. The number of carbonyl (C=O) groups excluding carboxylic acids is 2. The molecule has 1 aromatic carbocycles. The lowest BCUT2D eigenvalue weighted by molar-refractivity contribution is -0.123. The average Bonchev–Trinajstić information content (AvgIpc) is 3.23. The number of piperazine rings is 1. The van der Waals surface area contributed by atoms with Crippen LogP contribution in [0.2, 0.25) is 0 Å². The molecule has 1 atom stereocenters. The summed E-state index contributed by atoms with van der Waals surface area (Å²) in [7, 11) is 1.61. The van der Waals surface area contributed by atoms with Gasteiger partial charge in [0.05, 0.1) is 11.9 Å². The van der Waals surface area contributed by atoms with E-state index < -0.39 is 6.10 Å². The Morgan fingerprint density at radius 3 is 2.86 bits per heavy atom. The van der Waals surface area contributed by atoms with Gasteiger partial charge in [-0.15, -0.1) is 0 Å². The lowest BCUT2D eigenvalue weighted by Crippen LogP contribution is -2.45. The number of carbonyl (C=O) groups is 2. The molecule has 2 aliphatic heterocycles. The van der Waals surface area contributed by atoms with Crippen molar-refractivity contribution in [3.63, 3.8) is 0 Å². The van der Waals surface area contributed by atoms with Crippen molar-refractivity contribution in [2.45, 2.75) is 26.0 Å². The monoisotopic (exact) mass is 415 g/mol. The fraction of sp³-hybridized carbons (Fsp3) is 0.450. The van der Waals surface area contributed by atoms with Gasteiger partial charge in [0.1, 0.15) is 10.8 Å². The molecular formula is C20H25N5O3S. The minimum Gasteiger partial charge on any atom is -0.478 e. The van der Waals surface area contributed by atoms with Crippen LogP contribution >= 0.6 is 11.3 Å². The largest absolute Gasteiger partial charge is 0.478 e. The van der Waals surface area contributed by atoms with Crippen molar-refractivity contribution >= 4 is 33.8 Å². The Balaban J connectivity index is 1.34. The molecule has 2 N–H and O–H groups in total. The highest BCUT2D eigenvalue weighted by Gasteiger charge is 2.26. The van der Waals surface area contributed by atoms with E-state index in [-0.39, 0.29) is 11.8 Å². The van der Waals surface area contributed by atoms with Gasteiger partial charge < -0.3 is 20.3 Å². The number of benzene rings is 1. The number of anilines is 2. The van der Waals surface area contributed by atoms with E-state index >= 15 is 0 Å². The summed E-state index contributed by atoms with van der Waals surface area (Å²) in [6.45, 7) is 6.38. The molecule has 1 unspecified atom stereocenters. The molecule has 29 heavy (non-hydrogen) atoms. The number of hydrogen-bond acceptors (Lipinski definition) is 7. The summed E-state index contributed by atoms with van der Waals surface area (Å²) in [4.78, 5) is 32.6. The van der Waals surface area contributed by atoms with E-state index in [9.17, 15) is 9.59 Å². The zero-order chi connectivity index (χ0) is 20.4. The van der Waals surface area contributed by atoms with Crippen LogP contribution in [-0.2, 0) is 11.3 Å². The van der Waals surface area contributed by atoms with Gasteiger partial charge in [-0.05, 0) is 24.1 Å². The number of thiazole rings is 1. The molecule has 154 valence electrons. The maximum Gasteiger partial charge on any atom is 0.280 e. The van der Waals surface area contributed by atoms with Crippen LogP contribution < -0.4 is 20.3 Å². The Morgan fingerprint density at radius 1 is 1.34 bits per heavy atom. The van der Waals surface area contributed by atoms with Crippen LogP contribution in [-0.4, -0.2) is 61.0 Å². The van der Waals surface area contributed by atoms with E-state index in [0.29, 0.717) is 11.4 Å². The molecule has 4 rings (SSSR count). The van der Waals surface area contributed by atoms with Gasteiger partial charge in [0.15, 0.2) is 11.1 Å². The molecule has 2 aliphatic rings. The highest BCUT2D eigenvalue weighted by atomic mass is 32.1. The molecule has 2 aromatic rings. The maximum absolute atomic E-state index is 12.0. The van der Waals surface area contributed by atoms with Crippen molar-refractivity contribution in [2.24, 2.45) is 0 Å². The Morgan fingerprint density at radius 2 is 2.14 bits per heavy atom. The molecule has 2 amide bonds. The van der Waals surface area contributed by atoms with Gasteiger partial charge in [0, 0.05) is 39.8 Å². The van der Waals surface area contributed by atoms with E-state index in [1.54, 1.807) is 13.2 Å². The van der Waals surface area contributed by atoms with Crippen LogP contribution in [0.15, 0.2) is 24.4 Å². The number of aromatic nitrogens is 1. The predicted octanol–water partition coefficient (Wildman–Crippen LogP) is 1.93. The minimum atomic E-state index is -0.405. The topological polar surface area (TPSA) is 86.8 Å². The van der Waals surface area contributed by atoms with Gasteiger partial charge >= 0.3 is 0 Å². The number of amides is 2. The lowest BCUT2D eigenvalue weighted by atomic mass is 10.1. The number of nitrogens with zero attached hydrogens (tertiary/aromatic N) is 3. The molecule has 0 radical (unpaired) electrons. The molecule has 3 heterocycles. The first kappa shape index (κ1) is 19.7. The third kappa shape index (κ3) is 4.20. The average molecular weight is 416 g/mol. The molecule has 0 aliphatic carbocycles. The number of fused-ring (bicyclic) bond motifs is 1. The summed E-state index contributed by atoms with van der Waals surface area (Å²) in [6, 6.07) is 6.01. The van der Waals surface area contributed by atoms with Crippen molar-refractivity contribution in [2.75, 3.05) is 43.4 Å². The summed E-state index contributed by atoms with van der Waals surface area (Å²) in [5, 5.41) is 7.09. The van der Waals surface area contributed by atoms with Crippen LogP contribution in [0.4, 0.5) is 10.7 Å². The SMILES string of the molecule is CCC1Oc2ccc(CN3CCN(c4cnc(C(=O)NC)s4)CC3)cc2NC1=O. The van der Waals surface area contributed by atoms with Crippen LogP contribution in [0.5, 0.6) is 5.75 Å². The molecule has 1 saturated heterocycles. The van der Waals surface area contributed by atoms with E-state index in [4.69, 9.17) is 4.74 Å². The smallest absolute Gasteiger partial charge is 0.280 e. The molecule has 0 saturated carbocycles. The lowest BCUT2D eigenvalue weighted by Gasteiger charge is -2.35. The van der Waals surface area contributed by atoms with Crippen LogP contribution in [0.1, 0.15) is 28.7 Å². The Bertz CT molecular complexity index is 907. The second-order valence-electron chi connectivity index (χ2n) is 7.18. The first-order chi connectivity index (χ1) is 14.1. The highest BCUT2D eigenvalue weighted by molar-refractivity contribution is 7.17. The van der Waals surface area contributed by atoms with Gasteiger partial charge in [-0.3, -0.25) is 14.5 Å². The van der Waals surface area contributed by atoms with Crippen molar-refractivity contribution in [1.29, 1.82) is 0 Å². The quantitative estimate of drug-likeness (QED) is 0.776. The predicted molar refractivity (Wildman–Crippen MR) is 113 cm³/mol. The fourth-order valence-electron chi connectivity index (χ4n) is 3.57. The Kier molecular flexibility index (Phi) is 5.68. The highest BCUT2D eigenvalue weighted by Crippen LogP contribution is 2.32. The molecule has 8 nitrogen and oxygen atoms in total. The summed E-state index contributed by atoms with van der Waals surface area (Å²) >= 11 is 1.43. The summed E-state index contributed by atoms with van der Waals surface area (Å²) in [6.07, 6.45) is 2.03. The maximum atomic E-state index is 12.0. The first-order valence-corrected chi connectivity index (χ1v) is 10.6. The van der Waals surface area contributed by atoms with Crippen LogP contribution in [0.25, 0.3) is 0 Å². The third-order valence-corrected chi connectivity index (χ3v) is 6.30. The summed E-state index contributed by atoms with van der Waals surface area (Å²) < 4.78 is 5.76. The van der Waals surface area contributed by atoms with Gasteiger partial charge in [0.2, 0.25) is 0 Å². The van der Waals surface area contributed by atoms with E-state index in [2.05, 4.69) is 31.5 Å². The van der Waals surface area contributed by atoms with Crippen molar-refractivity contribution in [1.82, 2.24) is 15.2 Å². The third-order valence-electron chi connectivity index (χ3n) is 5.24. The van der Waals surface area contributed by atoms with E-state index in [1.165, 1.54) is 11.3 Å². The number of rotatable bonds is 5. The standard InChI is InChI=1S/C20H25N5O3S/c1-3-15-18(26)23-14-10-13(4-5-16(14)28-15)12-24-6-8-25(9-7-24)17-11-22-20(29-17)19(27)21-2/h4-5,10-11,15H,3,6-9,12H2,1-2H3,(H,21,27)(H,23,26). The number of ether oxygens (including phenoxy) is 1. The fourth-order valence-corrected chi connectivity index (χ4v) is 4.49. The Labute approximate surface area is 173 Å². The van der Waals surface area contributed by atoms with Gasteiger partial charge in [-0.2, -0.15) is 0 Å². The number of hydrogen-bond donors (Lipinski definition) is 2. The number of nitrogens with one attached hydrogen (secondary N) is 2. The van der Waals surface area contributed by atoms with Crippen molar-refractivity contribution in [3.8, 4) is 5.75 Å². The normalized spacial score (nSPS) is 19.3. The summed E-state index contributed by atoms with van der Waals surface area (Å²) in [5.74, 6) is 0.516. The molecule has 0 bridgehead atoms.